The van der Waals surface area contributed by atoms with Gasteiger partial charge in [-0.2, -0.15) is 0 Å². The molecular formula is C17H25NO3. The van der Waals surface area contributed by atoms with Crippen molar-refractivity contribution in [3.05, 3.63) is 29.8 Å². The fourth-order valence-corrected chi connectivity index (χ4v) is 2.26. The Morgan fingerprint density at radius 3 is 2.29 bits per heavy atom. The Labute approximate surface area is 126 Å². The third kappa shape index (κ3) is 3.56. The Balaban J connectivity index is 1.92. The van der Waals surface area contributed by atoms with Gasteiger partial charge in [0, 0.05) is 5.56 Å². The Bertz CT molecular complexity index is 487. The molecule has 0 saturated carbocycles. The summed E-state index contributed by atoms with van der Waals surface area (Å²) in [5.41, 5.74) is -0.0895. The summed E-state index contributed by atoms with van der Waals surface area (Å²) in [4.78, 5) is 14.0. The molecule has 4 nitrogen and oxygen atoms in total. The highest BCUT2D eigenvalue weighted by Gasteiger charge is 2.45. The normalized spacial score (nSPS) is 17.0. The van der Waals surface area contributed by atoms with Crippen LogP contribution in [0.3, 0.4) is 0 Å². The fourth-order valence-electron chi connectivity index (χ4n) is 2.26. The molecule has 1 aliphatic rings. The zero-order valence-electron chi connectivity index (χ0n) is 13.3. The van der Waals surface area contributed by atoms with Crippen molar-refractivity contribution >= 4 is 5.91 Å². The van der Waals surface area contributed by atoms with Gasteiger partial charge in [0.2, 0.25) is 0 Å². The third-order valence-electron chi connectivity index (χ3n) is 3.98. The number of β-amino-alcohol motifs (C(OH)–C–C–N with tert-alkyl or cyclic N) is 1. The second-order valence-electron chi connectivity index (χ2n) is 6.65. The van der Waals surface area contributed by atoms with Gasteiger partial charge in [-0.05, 0) is 36.1 Å². The summed E-state index contributed by atoms with van der Waals surface area (Å²) in [5.74, 6) is 1.38. The van der Waals surface area contributed by atoms with E-state index in [0.717, 1.165) is 5.75 Å². The molecule has 1 saturated heterocycles. The first kappa shape index (κ1) is 15.8. The molecule has 1 aromatic carbocycles. The Hall–Kier alpha value is -1.55. The molecule has 0 bridgehead atoms. The lowest BCUT2D eigenvalue weighted by molar-refractivity contribution is -0.110. The molecule has 4 heteroatoms. The van der Waals surface area contributed by atoms with E-state index in [2.05, 4.69) is 13.8 Å². The highest BCUT2D eigenvalue weighted by atomic mass is 16.5. The molecule has 1 aromatic rings. The van der Waals surface area contributed by atoms with Gasteiger partial charge < -0.3 is 14.7 Å². The summed E-state index contributed by atoms with van der Waals surface area (Å²) in [5, 5.41) is 10.2. The molecule has 0 aromatic heterocycles. The van der Waals surface area contributed by atoms with Crippen molar-refractivity contribution < 1.29 is 14.6 Å². The minimum absolute atomic E-state index is 0.0317. The molecule has 0 atom stereocenters. The van der Waals surface area contributed by atoms with Gasteiger partial charge in [0.25, 0.3) is 5.91 Å². The molecular weight excluding hydrogens is 266 g/mol. The maximum Gasteiger partial charge on any atom is 0.254 e. The molecule has 0 radical (unpaired) electrons. The number of benzene rings is 1. The largest absolute Gasteiger partial charge is 0.493 e. The number of amides is 1. The van der Waals surface area contributed by atoms with Gasteiger partial charge in [-0.15, -0.1) is 0 Å². The van der Waals surface area contributed by atoms with E-state index in [0.29, 0.717) is 31.2 Å². The highest BCUT2D eigenvalue weighted by Crippen LogP contribution is 2.30. The van der Waals surface area contributed by atoms with Gasteiger partial charge in [-0.25, -0.2) is 0 Å². The van der Waals surface area contributed by atoms with Crippen molar-refractivity contribution in [2.45, 2.75) is 33.3 Å². The minimum atomic E-state index is -0.726. The highest BCUT2D eigenvalue weighted by molar-refractivity contribution is 5.95. The van der Waals surface area contributed by atoms with Crippen LogP contribution in [-0.2, 0) is 0 Å². The second kappa shape index (κ2) is 6.06. The zero-order valence-corrected chi connectivity index (χ0v) is 13.3. The average molecular weight is 291 g/mol. The van der Waals surface area contributed by atoms with Crippen molar-refractivity contribution in [1.29, 1.82) is 0 Å². The van der Waals surface area contributed by atoms with Crippen LogP contribution in [0.4, 0.5) is 0 Å². The number of carbonyl (C=O) groups excluding carboxylic acids is 1. The van der Waals surface area contributed by atoms with Crippen LogP contribution in [0.15, 0.2) is 24.3 Å². The summed E-state index contributed by atoms with van der Waals surface area (Å²) in [6, 6.07) is 7.21. The molecule has 1 N–H and O–H groups in total. The van der Waals surface area contributed by atoms with Crippen molar-refractivity contribution in [3.63, 3.8) is 0 Å². The molecule has 1 fully saturated rings. The van der Waals surface area contributed by atoms with Gasteiger partial charge in [0.15, 0.2) is 0 Å². The predicted octanol–water partition coefficient (Wildman–Crippen LogP) is 2.56. The van der Waals surface area contributed by atoms with E-state index in [1.54, 1.807) is 17.0 Å². The number of nitrogens with zero attached hydrogens (tertiary/aromatic N) is 1. The van der Waals surface area contributed by atoms with E-state index in [9.17, 15) is 9.90 Å². The van der Waals surface area contributed by atoms with E-state index in [1.165, 1.54) is 0 Å². The number of aliphatic hydroxyl groups is 1. The lowest BCUT2D eigenvalue weighted by atomic mass is 9.82. The Morgan fingerprint density at radius 2 is 1.81 bits per heavy atom. The van der Waals surface area contributed by atoms with Crippen LogP contribution in [0.5, 0.6) is 5.75 Å². The van der Waals surface area contributed by atoms with Crippen LogP contribution >= 0.6 is 0 Å². The van der Waals surface area contributed by atoms with Crippen LogP contribution in [0.25, 0.3) is 0 Å². The van der Waals surface area contributed by atoms with Gasteiger partial charge in [-0.1, -0.05) is 27.7 Å². The van der Waals surface area contributed by atoms with E-state index < -0.39 is 5.60 Å². The standard InChI is InChI=1S/C17H25NO3/c1-12(2)9-21-15-7-5-14(6-8-15)16(19)18-10-17(20,11-18)13(3)4/h5-8,12-13,20H,9-11H2,1-4H3. The molecule has 116 valence electrons. The lowest BCUT2D eigenvalue weighted by Crippen LogP contribution is -2.65. The molecule has 1 aliphatic heterocycles. The summed E-state index contributed by atoms with van der Waals surface area (Å²) in [6.45, 7) is 9.63. The fraction of sp³-hybridized carbons (Fsp3) is 0.588. The topological polar surface area (TPSA) is 49.8 Å². The summed E-state index contributed by atoms with van der Waals surface area (Å²) in [6.07, 6.45) is 0. The number of hydrogen-bond donors (Lipinski definition) is 1. The van der Waals surface area contributed by atoms with Gasteiger partial charge >= 0.3 is 0 Å². The van der Waals surface area contributed by atoms with Gasteiger partial charge in [0.1, 0.15) is 11.4 Å². The molecule has 1 heterocycles. The first-order valence-electron chi connectivity index (χ1n) is 7.56. The van der Waals surface area contributed by atoms with E-state index >= 15 is 0 Å². The predicted molar refractivity (Wildman–Crippen MR) is 82.5 cm³/mol. The summed E-state index contributed by atoms with van der Waals surface area (Å²) >= 11 is 0. The second-order valence-corrected chi connectivity index (χ2v) is 6.65. The van der Waals surface area contributed by atoms with Crippen LogP contribution in [0, 0.1) is 11.8 Å². The van der Waals surface area contributed by atoms with Crippen molar-refractivity contribution in [1.82, 2.24) is 4.90 Å². The smallest absolute Gasteiger partial charge is 0.254 e. The molecule has 0 spiro atoms. The summed E-state index contributed by atoms with van der Waals surface area (Å²) in [7, 11) is 0. The van der Waals surface area contributed by atoms with Crippen LogP contribution in [0.2, 0.25) is 0 Å². The van der Waals surface area contributed by atoms with Gasteiger partial charge in [0.05, 0.1) is 19.7 Å². The molecule has 21 heavy (non-hydrogen) atoms. The third-order valence-corrected chi connectivity index (χ3v) is 3.98. The summed E-state index contributed by atoms with van der Waals surface area (Å²) < 4.78 is 5.60. The number of rotatable bonds is 5. The number of likely N-dealkylation sites (tertiary alicyclic amines) is 1. The van der Waals surface area contributed by atoms with Crippen molar-refractivity contribution in [2.24, 2.45) is 11.8 Å². The van der Waals surface area contributed by atoms with E-state index in [4.69, 9.17) is 4.74 Å². The number of hydrogen-bond acceptors (Lipinski definition) is 3. The molecule has 0 unspecified atom stereocenters. The van der Waals surface area contributed by atoms with Gasteiger partial charge in [-0.3, -0.25) is 4.79 Å². The zero-order chi connectivity index (χ0) is 15.6. The van der Waals surface area contributed by atoms with Crippen LogP contribution in [0.1, 0.15) is 38.1 Å². The Morgan fingerprint density at radius 1 is 1.24 bits per heavy atom. The SMILES string of the molecule is CC(C)COc1ccc(C(=O)N2CC(O)(C(C)C)C2)cc1. The van der Waals surface area contributed by atoms with Crippen molar-refractivity contribution in [2.75, 3.05) is 19.7 Å². The van der Waals surface area contributed by atoms with Crippen molar-refractivity contribution in [3.8, 4) is 5.75 Å². The number of ether oxygens (including phenoxy) is 1. The maximum absolute atomic E-state index is 12.3. The average Bonchev–Trinajstić information content (AvgIpc) is 2.41. The maximum atomic E-state index is 12.3. The molecule has 2 rings (SSSR count). The molecule has 0 aliphatic carbocycles. The van der Waals surface area contributed by atoms with E-state index in [-0.39, 0.29) is 11.8 Å². The first-order valence-corrected chi connectivity index (χ1v) is 7.56. The molecule has 1 amide bonds. The monoisotopic (exact) mass is 291 g/mol. The number of carbonyl (C=O) groups is 1. The quantitative estimate of drug-likeness (QED) is 0.907. The lowest BCUT2D eigenvalue weighted by Gasteiger charge is -2.49. The van der Waals surface area contributed by atoms with Crippen LogP contribution in [-0.4, -0.2) is 41.2 Å². The van der Waals surface area contributed by atoms with Crippen LogP contribution < -0.4 is 4.74 Å². The minimum Gasteiger partial charge on any atom is -0.493 e. The van der Waals surface area contributed by atoms with E-state index in [1.807, 2.05) is 26.0 Å². The Kier molecular flexibility index (Phi) is 4.57. The first-order chi connectivity index (χ1) is 9.82.